The van der Waals surface area contributed by atoms with Gasteiger partial charge in [-0.1, -0.05) is 0 Å². The van der Waals surface area contributed by atoms with Crippen LogP contribution in [0.3, 0.4) is 0 Å². The number of piperazine rings is 1. The van der Waals surface area contributed by atoms with Crippen LogP contribution in [0.1, 0.15) is 31.2 Å². The molecule has 0 bridgehead atoms. The third kappa shape index (κ3) is 7.20. The number of carbonyl (C=O) groups is 1. The minimum Gasteiger partial charge on any atom is -0.477 e. The van der Waals surface area contributed by atoms with E-state index >= 15 is 0 Å². The minimum absolute atomic E-state index is 0. The maximum Gasteiger partial charge on any atom is 0.236 e. The predicted octanol–water partition coefficient (Wildman–Crippen LogP) is 1.80. The molecule has 3 heterocycles. The van der Waals surface area contributed by atoms with Crippen molar-refractivity contribution in [3.63, 3.8) is 0 Å². The summed E-state index contributed by atoms with van der Waals surface area (Å²) in [4.78, 5) is 27.7. The van der Waals surface area contributed by atoms with Crippen LogP contribution < -0.4 is 10.1 Å². The highest BCUT2D eigenvalue weighted by Crippen LogP contribution is 2.29. The van der Waals surface area contributed by atoms with E-state index in [0.717, 1.165) is 76.2 Å². The number of ether oxygens (including phenoxy) is 1. The number of guanidine groups is 1. The highest BCUT2D eigenvalue weighted by Gasteiger charge is 2.25. The lowest BCUT2D eigenvalue weighted by Crippen LogP contribution is -2.54. The first kappa shape index (κ1) is 24.0. The van der Waals surface area contributed by atoms with Crippen LogP contribution in [0.5, 0.6) is 5.88 Å². The monoisotopic (exact) mass is 542 g/mol. The standard InChI is InChI=1S/C22H34N6O2.HI/c1-23-22(25-15-19-6-7-24-20(14-19)30-17-18-4-5-18)28-12-10-26(11-13-28)16-21(29)27-8-2-3-9-27;/h6-7,14,18H,2-5,8-13,15-17H2,1H3,(H,23,25);1H. The summed E-state index contributed by atoms with van der Waals surface area (Å²) in [7, 11) is 1.82. The van der Waals surface area contributed by atoms with Crippen LogP contribution in [0.4, 0.5) is 0 Å². The Hall–Kier alpha value is -1.62. The van der Waals surface area contributed by atoms with Gasteiger partial charge in [0, 0.05) is 65.1 Å². The average Bonchev–Trinajstić information content (AvgIpc) is 3.44. The van der Waals surface area contributed by atoms with Gasteiger partial charge in [-0.2, -0.15) is 0 Å². The van der Waals surface area contributed by atoms with Crippen LogP contribution in [0, 0.1) is 5.92 Å². The highest BCUT2D eigenvalue weighted by molar-refractivity contribution is 14.0. The summed E-state index contributed by atoms with van der Waals surface area (Å²) in [6, 6.07) is 4.01. The predicted molar refractivity (Wildman–Crippen MR) is 132 cm³/mol. The molecule has 1 aromatic rings. The molecule has 172 valence electrons. The molecular formula is C22H35IN6O2. The van der Waals surface area contributed by atoms with Gasteiger partial charge in [0.25, 0.3) is 0 Å². The third-order valence-corrected chi connectivity index (χ3v) is 6.11. The molecule has 9 heteroatoms. The van der Waals surface area contributed by atoms with E-state index < -0.39 is 0 Å². The van der Waals surface area contributed by atoms with Crippen molar-refractivity contribution in [2.75, 3.05) is 59.5 Å². The Balaban J connectivity index is 0.00000272. The fraction of sp³-hybridized carbons (Fsp3) is 0.682. The molecule has 0 atom stereocenters. The number of nitrogens with zero attached hydrogens (tertiary/aromatic N) is 5. The van der Waals surface area contributed by atoms with Crippen molar-refractivity contribution in [3.8, 4) is 5.88 Å². The maximum absolute atomic E-state index is 12.4. The van der Waals surface area contributed by atoms with Gasteiger partial charge in [-0.3, -0.25) is 14.7 Å². The molecule has 3 aliphatic rings. The van der Waals surface area contributed by atoms with Gasteiger partial charge in [-0.25, -0.2) is 4.98 Å². The van der Waals surface area contributed by atoms with Gasteiger partial charge >= 0.3 is 0 Å². The molecule has 2 saturated heterocycles. The first-order valence-corrected chi connectivity index (χ1v) is 11.2. The van der Waals surface area contributed by atoms with Crippen LogP contribution in [0.25, 0.3) is 0 Å². The smallest absolute Gasteiger partial charge is 0.236 e. The van der Waals surface area contributed by atoms with Crippen LogP contribution in [0.15, 0.2) is 23.3 Å². The molecule has 1 N–H and O–H groups in total. The normalized spacial score (nSPS) is 19.8. The number of hydrogen-bond acceptors (Lipinski definition) is 5. The SMILES string of the molecule is CN=C(NCc1ccnc(OCC2CC2)c1)N1CCN(CC(=O)N2CCCC2)CC1.I. The van der Waals surface area contributed by atoms with Crippen molar-refractivity contribution < 1.29 is 9.53 Å². The van der Waals surface area contributed by atoms with E-state index in [4.69, 9.17) is 4.74 Å². The van der Waals surface area contributed by atoms with Crippen molar-refractivity contribution in [1.82, 2.24) is 25.0 Å². The molecule has 2 aliphatic heterocycles. The number of halogens is 1. The summed E-state index contributed by atoms with van der Waals surface area (Å²) >= 11 is 0. The van der Waals surface area contributed by atoms with Crippen LogP contribution in [0.2, 0.25) is 0 Å². The zero-order valence-electron chi connectivity index (χ0n) is 18.5. The first-order valence-electron chi connectivity index (χ1n) is 11.2. The van der Waals surface area contributed by atoms with Crippen molar-refractivity contribution in [2.24, 2.45) is 10.9 Å². The molecule has 31 heavy (non-hydrogen) atoms. The molecule has 0 aromatic carbocycles. The van der Waals surface area contributed by atoms with Crippen molar-refractivity contribution in [3.05, 3.63) is 23.9 Å². The van der Waals surface area contributed by atoms with Gasteiger partial charge in [-0.05, 0) is 43.2 Å². The largest absolute Gasteiger partial charge is 0.477 e. The second-order valence-electron chi connectivity index (χ2n) is 8.51. The minimum atomic E-state index is 0. The number of likely N-dealkylation sites (tertiary alicyclic amines) is 1. The van der Waals surface area contributed by atoms with E-state index in [1.54, 1.807) is 6.20 Å². The zero-order chi connectivity index (χ0) is 20.8. The van der Waals surface area contributed by atoms with Crippen LogP contribution in [-0.2, 0) is 11.3 Å². The lowest BCUT2D eigenvalue weighted by molar-refractivity contribution is -0.131. The molecule has 0 unspecified atom stereocenters. The molecule has 1 aliphatic carbocycles. The Labute approximate surface area is 202 Å². The lowest BCUT2D eigenvalue weighted by atomic mass is 10.2. The average molecular weight is 542 g/mol. The van der Waals surface area contributed by atoms with Gasteiger partial charge in [0.15, 0.2) is 5.96 Å². The van der Waals surface area contributed by atoms with Gasteiger partial charge in [0.1, 0.15) is 0 Å². The van der Waals surface area contributed by atoms with Crippen molar-refractivity contribution in [1.29, 1.82) is 0 Å². The molecule has 0 radical (unpaired) electrons. The van der Waals surface area contributed by atoms with Crippen LogP contribution >= 0.6 is 24.0 Å². The summed E-state index contributed by atoms with van der Waals surface area (Å²) in [6.45, 7) is 7.37. The van der Waals surface area contributed by atoms with E-state index in [-0.39, 0.29) is 29.9 Å². The van der Waals surface area contributed by atoms with Gasteiger partial charge in [0.2, 0.25) is 11.8 Å². The number of aliphatic imine (C=N–C) groups is 1. The maximum atomic E-state index is 12.4. The third-order valence-electron chi connectivity index (χ3n) is 6.11. The Morgan fingerprint density at radius 1 is 1.16 bits per heavy atom. The Kier molecular flexibility index (Phi) is 9.18. The van der Waals surface area contributed by atoms with E-state index in [1.165, 1.54) is 12.8 Å². The van der Waals surface area contributed by atoms with Gasteiger partial charge in [-0.15, -0.1) is 24.0 Å². The van der Waals surface area contributed by atoms with Gasteiger partial charge in [0.05, 0.1) is 13.2 Å². The molecule has 1 amide bonds. The van der Waals surface area contributed by atoms with E-state index in [1.807, 2.05) is 24.1 Å². The second-order valence-corrected chi connectivity index (χ2v) is 8.51. The summed E-state index contributed by atoms with van der Waals surface area (Å²) in [5.41, 5.74) is 1.13. The Bertz CT molecular complexity index is 743. The fourth-order valence-electron chi connectivity index (χ4n) is 4.02. The molecule has 0 spiro atoms. The molecule has 4 rings (SSSR count). The van der Waals surface area contributed by atoms with Crippen molar-refractivity contribution in [2.45, 2.75) is 32.2 Å². The quantitative estimate of drug-likeness (QED) is 0.322. The van der Waals surface area contributed by atoms with Crippen molar-refractivity contribution >= 4 is 35.8 Å². The highest BCUT2D eigenvalue weighted by atomic mass is 127. The number of hydrogen-bond donors (Lipinski definition) is 1. The number of pyridine rings is 1. The summed E-state index contributed by atoms with van der Waals surface area (Å²) in [5, 5.41) is 3.46. The topological polar surface area (TPSA) is 73.3 Å². The fourth-order valence-corrected chi connectivity index (χ4v) is 4.02. The number of nitrogens with one attached hydrogen (secondary N) is 1. The summed E-state index contributed by atoms with van der Waals surface area (Å²) in [5.74, 6) is 2.60. The van der Waals surface area contributed by atoms with E-state index in [0.29, 0.717) is 19.0 Å². The number of carbonyl (C=O) groups excluding carboxylic acids is 1. The molecule has 3 fully saturated rings. The van der Waals surface area contributed by atoms with E-state index in [2.05, 4.69) is 25.1 Å². The second kappa shape index (κ2) is 11.8. The zero-order valence-corrected chi connectivity index (χ0v) is 20.8. The van der Waals surface area contributed by atoms with Crippen LogP contribution in [-0.4, -0.2) is 91.0 Å². The first-order chi connectivity index (χ1) is 14.7. The molecule has 1 aromatic heterocycles. The molecular weight excluding hydrogens is 507 g/mol. The van der Waals surface area contributed by atoms with Gasteiger partial charge < -0.3 is 19.9 Å². The summed E-state index contributed by atoms with van der Waals surface area (Å²) < 4.78 is 5.78. The lowest BCUT2D eigenvalue weighted by Gasteiger charge is -2.36. The number of rotatable bonds is 7. The molecule has 1 saturated carbocycles. The van der Waals surface area contributed by atoms with E-state index in [9.17, 15) is 4.79 Å². The molecule has 8 nitrogen and oxygen atoms in total. The number of amides is 1. The Morgan fingerprint density at radius 2 is 1.90 bits per heavy atom. The summed E-state index contributed by atoms with van der Waals surface area (Å²) in [6.07, 6.45) is 6.65. The Morgan fingerprint density at radius 3 is 2.58 bits per heavy atom. The number of aromatic nitrogens is 1.